The van der Waals surface area contributed by atoms with Crippen LogP contribution in [0.25, 0.3) is 0 Å². The zero-order valence-electron chi connectivity index (χ0n) is 8.11. The molecule has 1 unspecified atom stereocenters. The van der Waals surface area contributed by atoms with Crippen molar-refractivity contribution >= 4 is 0 Å². The number of nitrogens with one attached hydrogen (secondary N) is 1. The van der Waals surface area contributed by atoms with Gasteiger partial charge in [0.25, 0.3) is 0 Å². The molecule has 0 aromatic carbocycles. The molecular weight excluding hydrogens is 182 g/mol. The highest BCUT2D eigenvalue weighted by atomic mass is 16.5. The van der Waals surface area contributed by atoms with Crippen LogP contribution in [0.1, 0.15) is 25.1 Å². The molecule has 0 spiro atoms. The molecule has 1 saturated heterocycles. The van der Waals surface area contributed by atoms with Gasteiger partial charge in [-0.25, -0.2) is 0 Å². The fraction of sp³-hybridized carbons (Fsp3) is 0.778. The second-order valence-corrected chi connectivity index (χ2v) is 3.51. The Morgan fingerprint density at radius 2 is 2.57 bits per heavy atom. The zero-order valence-corrected chi connectivity index (χ0v) is 8.11. The fourth-order valence-corrected chi connectivity index (χ4v) is 1.61. The summed E-state index contributed by atoms with van der Waals surface area (Å²) < 4.78 is 10.1. The average Bonchev–Trinajstić information content (AvgIpc) is 2.72. The molecular formula is C9H15N3O2. The molecule has 1 aromatic heterocycles. The molecule has 0 saturated carbocycles. The van der Waals surface area contributed by atoms with E-state index in [2.05, 4.69) is 20.0 Å². The number of ether oxygens (including phenoxy) is 1. The Bertz CT molecular complexity index is 245. The predicted molar refractivity (Wildman–Crippen MR) is 49.6 cm³/mol. The average molecular weight is 197 g/mol. The summed E-state index contributed by atoms with van der Waals surface area (Å²) in [6.45, 7) is 2.28. The van der Waals surface area contributed by atoms with Crippen LogP contribution in [-0.4, -0.2) is 29.3 Å². The standard InChI is InChI=1S/C9H15N3O2/c1-2-4-10-8(3-1)5-13-6-9-11-7-14-12-9/h7-8,10H,1-6H2. The number of nitrogens with zero attached hydrogens (tertiary/aromatic N) is 2. The first kappa shape index (κ1) is 9.61. The Labute approximate surface area is 82.8 Å². The van der Waals surface area contributed by atoms with Crippen molar-refractivity contribution in [3.05, 3.63) is 12.2 Å². The van der Waals surface area contributed by atoms with Gasteiger partial charge in [-0.15, -0.1) is 0 Å². The van der Waals surface area contributed by atoms with Gasteiger partial charge in [-0.05, 0) is 19.4 Å². The molecule has 0 aliphatic carbocycles. The molecule has 1 fully saturated rings. The number of aromatic nitrogens is 2. The van der Waals surface area contributed by atoms with Crippen LogP contribution in [0, 0.1) is 0 Å². The summed E-state index contributed by atoms with van der Waals surface area (Å²) >= 11 is 0. The molecule has 1 aliphatic heterocycles. The number of hydrogen-bond acceptors (Lipinski definition) is 5. The fourth-order valence-electron chi connectivity index (χ4n) is 1.61. The van der Waals surface area contributed by atoms with E-state index in [1.165, 1.54) is 25.7 Å². The molecule has 1 aromatic rings. The van der Waals surface area contributed by atoms with Gasteiger partial charge in [-0.3, -0.25) is 0 Å². The highest BCUT2D eigenvalue weighted by molar-refractivity contribution is 4.75. The van der Waals surface area contributed by atoms with Crippen LogP contribution in [0.3, 0.4) is 0 Å². The molecule has 1 N–H and O–H groups in total. The van der Waals surface area contributed by atoms with Crippen molar-refractivity contribution in [1.82, 2.24) is 15.5 Å². The highest BCUT2D eigenvalue weighted by Gasteiger charge is 2.12. The van der Waals surface area contributed by atoms with Crippen LogP contribution in [0.5, 0.6) is 0 Å². The topological polar surface area (TPSA) is 60.2 Å². The van der Waals surface area contributed by atoms with Crippen molar-refractivity contribution in [1.29, 1.82) is 0 Å². The van der Waals surface area contributed by atoms with Crippen molar-refractivity contribution in [3.63, 3.8) is 0 Å². The molecule has 0 amide bonds. The summed E-state index contributed by atoms with van der Waals surface area (Å²) in [5.74, 6) is 0.612. The first-order chi connectivity index (χ1) is 6.95. The maximum atomic E-state index is 5.47. The smallest absolute Gasteiger partial charge is 0.213 e. The van der Waals surface area contributed by atoms with E-state index in [1.807, 2.05) is 0 Å². The van der Waals surface area contributed by atoms with Gasteiger partial charge in [0.1, 0.15) is 6.61 Å². The van der Waals surface area contributed by atoms with E-state index < -0.39 is 0 Å². The van der Waals surface area contributed by atoms with Crippen molar-refractivity contribution in [3.8, 4) is 0 Å². The summed E-state index contributed by atoms with van der Waals surface area (Å²) in [5.41, 5.74) is 0. The van der Waals surface area contributed by atoms with Crippen LogP contribution >= 0.6 is 0 Å². The minimum atomic E-state index is 0.439. The molecule has 0 radical (unpaired) electrons. The van der Waals surface area contributed by atoms with E-state index in [1.54, 1.807) is 0 Å². The lowest BCUT2D eigenvalue weighted by atomic mass is 10.1. The SMILES string of the molecule is c1nc(COCC2CCCCN2)no1. The molecule has 14 heavy (non-hydrogen) atoms. The van der Waals surface area contributed by atoms with Crippen LogP contribution in [0.2, 0.25) is 0 Å². The van der Waals surface area contributed by atoms with Crippen LogP contribution in [0.4, 0.5) is 0 Å². The Morgan fingerprint density at radius 3 is 3.29 bits per heavy atom. The summed E-state index contributed by atoms with van der Waals surface area (Å²) in [6.07, 6.45) is 5.09. The molecule has 1 atom stereocenters. The Morgan fingerprint density at radius 1 is 1.57 bits per heavy atom. The first-order valence-corrected chi connectivity index (χ1v) is 5.01. The van der Waals surface area contributed by atoms with Crippen LogP contribution in [-0.2, 0) is 11.3 Å². The maximum Gasteiger partial charge on any atom is 0.213 e. The minimum absolute atomic E-state index is 0.439. The van der Waals surface area contributed by atoms with Gasteiger partial charge in [0.05, 0.1) is 6.61 Å². The predicted octanol–water partition coefficient (Wildman–Crippen LogP) is 0.728. The normalized spacial score (nSPS) is 22.4. The van der Waals surface area contributed by atoms with Crippen molar-refractivity contribution < 1.29 is 9.26 Å². The van der Waals surface area contributed by atoms with Gasteiger partial charge in [0.15, 0.2) is 5.82 Å². The van der Waals surface area contributed by atoms with Gasteiger partial charge in [-0.1, -0.05) is 11.6 Å². The molecule has 1 aliphatic rings. The highest BCUT2D eigenvalue weighted by Crippen LogP contribution is 2.07. The van der Waals surface area contributed by atoms with E-state index in [9.17, 15) is 0 Å². The van der Waals surface area contributed by atoms with Gasteiger partial charge in [-0.2, -0.15) is 4.98 Å². The lowest BCUT2D eigenvalue weighted by Gasteiger charge is -2.22. The van der Waals surface area contributed by atoms with Crippen molar-refractivity contribution in [2.75, 3.05) is 13.2 Å². The molecule has 78 valence electrons. The summed E-state index contributed by atoms with van der Waals surface area (Å²) in [7, 11) is 0. The largest absolute Gasteiger partial charge is 0.372 e. The first-order valence-electron chi connectivity index (χ1n) is 5.01. The third kappa shape index (κ3) is 2.78. The number of rotatable bonds is 4. The number of piperidine rings is 1. The van der Waals surface area contributed by atoms with Gasteiger partial charge < -0.3 is 14.6 Å². The van der Waals surface area contributed by atoms with Gasteiger partial charge in [0, 0.05) is 6.04 Å². The van der Waals surface area contributed by atoms with E-state index in [0.717, 1.165) is 13.2 Å². The molecule has 2 heterocycles. The van der Waals surface area contributed by atoms with Crippen LogP contribution in [0.15, 0.2) is 10.9 Å². The van der Waals surface area contributed by atoms with Gasteiger partial charge in [0.2, 0.25) is 6.39 Å². The second kappa shape index (κ2) is 5.07. The van der Waals surface area contributed by atoms with E-state index in [0.29, 0.717) is 18.5 Å². The number of hydrogen-bond donors (Lipinski definition) is 1. The molecule has 5 nitrogen and oxygen atoms in total. The summed E-state index contributed by atoms with van der Waals surface area (Å²) in [5, 5.41) is 7.08. The van der Waals surface area contributed by atoms with E-state index in [-0.39, 0.29) is 0 Å². The third-order valence-corrected chi connectivity index (χ3v) is 2.37. The summed E-state index contributed by atoms with van der Waals surface area (Å²) in [4.78, 5) is 3.88. The Hall–Kier alpha value is -0.940. The monoisotopic (exact) mass is 197 g/mol. The van der Waals surface area contributed by atoms with Crippen molar-refractivity contribution in [2.45, 2.75) is 31.9 Å². The van der Waals surface area contributed by atoms with Crippen LogP contribution < -0.4 is 5.32 Å². The second-order valence-electron chi connectivity index (χ2n) is 3.51. The maximum absolute atomic E-state index is 5.47. The zero-order chi connectivity index (χ0) is 9.64. The van der Waals surface area contributed by atoms with Crippen molar-refractivity contribution in [2.24, 2.45) is 0 Å². The Kier molecular flexibility index (Phi) is 3.48. The molecule has 2 rings (SSSR count). The lowest BCUT2D eigenvalue weighted by molar-refractivity contribution is 0.0854. The molecule has 5 heteroatoms. The summed E-state index contributed by atoms with van der Waals surface area (Å²) in [6, 6.07) is 0.496. The third-order valence-electron chi connectivity index (χ3n) is 2.37. The Balaban J connectivity index is 1.62. The van der Waals surface area contributed by atoms with Gasteiger partial charge >= 0.3 is 0 Å². The quantitative estimate of drug-likeness (QED) is 0.771. The minimum Gasteiger partial charge on any atom is -0.372 e. The van der Waals surface area contributed by atoms with E-state index in [4.69, 9.17) is 4.74 Å². The van der Waals surface area contributed by atoms with E-state index >= 15 is 0 Å². The molecule has 0 bridgehead atoms. The lowest BCUT2D eigenvalue weighted by Crippen LogP contribution is -2.37.